The lowest BCUT2D eigenvalue weighted by molar-refractivity contribution is -0.136. The highest BCUT2D eigenvalue weighted by molar-refractivity contribution is 5.97. The van der Waals surface area contributed by atoms with Gasteiger partial charge >= 0.3 is 0 Å². The maximum atomic E-state index is 13.2. The van der Waals surface area contributed by atoms with Crippen molar-refractivity contribution in [1.82, 2.24) is 15.1 Å². The molecule has 1 unspecified atom stereocenters. The second kappa shape index (κ2) is 10.6. The second-order valence-electron chi connectivity index (χ2n) is 8.98. The summed E-state index contributed by atoms with van der Waals surface area (Å²) in [6.45, 7) is 11.7. The van der Waals surface area contributed by atoms with Crippen LogP contribution in [0.2, 0.25) is 0 Å². The number of carbonyl (C=O) groups excluding carboxylic acids is 2. The summed E-state index contributed by atoms with van der Waals surface area (Å²) >= 11 is 0. The van der Waals surface area contributed by atoms with Gasteiger partial charge in [-0.25, -0.2) is 0 Å². The van der Waals surface area contributed by atoms with Crippen molar-refractivity contribution in [2.75, 3.05) is 33.3 Å². The molecule has 2 aromatic rings. The average Bonchev–Trinajstić information content (AvgIpc) is 2.78. The van der Waals surface area contributed by atoms with Gasteiger partial charge in [0.05, 0.1) is 7.11 Å². The van der Waals surface area contributed by atoms with E-state index in [-0.39, 0.29) is 17.7 Å². The van der Waals surface area contributed by atoms with Crippen LogP contribution < -0.4 is 10.1 Å². The van der Waals surface area contributed by atoms with Gasteiger partial charge in [0.2, 0.25) is 5.91 Å². The number of benzene rings is 2. The molecule has 0 saturated carbocycles. The first kappa shape index (κ1) is 23.8. The molecule has 0 bridgehead atoms. The lowest BCUT2D eigenvalue weighted by Gasteiger charge is -2.37. The molecule has 6 heteroatoms. The maximum absolute atomic E-state index is 13.2. The van der Waals surface area contributed by atoms with E-state index in [2.05, 4.69) is 29.3 Å². The Bertz CT molecular complexity index is 932. The zero-order chi connectivity index (χ0) is 23.3. The molecule has 0 aromatic heterocycles. The quantitative estimate of drug-likeness (QED) is 0.721. The zero-order valence-corrected chi connectivity index (χ0v) is 19.9. The molecule has 6 nitrogen and oxygen atoms in total. The van der Waals surface area contributed by atoms with Crippen LogP contribution in [0, 0.1) is 19.8 Å². The first-order chi connectivity index (χ1) is 15.3. The van der Waals surface area contributed by atoms with Gasteiger partial charge in [-0.3, -0.25) is 14.5 Å². The fourth-order valence-corrected chi connectivity index (χ4v) is 4.04. The number of piperazine rings is 1. The van der Waals surface area contributed by atoms with Crippen molar-refractivity contribution in [2.24, 2.45) is 5.92 Å². The Labute approximate surface area is 191 Å². The number of methoxy groups -OCH3 is 1. The van der Waals surface area contributed by atoms with E-state index in [1.165, 1.54) is 5.56 Å². The summed E-state index contributed by atoms with van der Waals surface area (Å²) in [4.78, 5) is 30.2. The largest absolute Gasteiger partial charge is 0.496 e. The van der Waals surface area contributed by atoms with Gasteiger partial charge in [0.25, 0.3) is 5.91 Å². The van der Waals surface area contributed by atoms with Crippen LogP contribution in [0.4, 0.5) is 0 Å². The number of hydrogen-bond acceptors (Lipinski definition) is 4. The van der Waals surface area contributed by atoms with Gasteiger partial charge in [0.1, 0.15) is 11.8 Å². The molecule has 3 rings (SSSR count). The van der Waals surface area contributed by atoms with Crippen LogP contribution in [-0.2, 0) is 11.3 Å². The highest BCUT2D eigenvalue weighted by atomic mass is 16.5. The van der Waals surface area contributed by atoms with Gasteiger partial charge in [-0.2, -0.15) is 0 Å². The lowest BCUT2D eigenvalue weighted by atomic mass is 10.0. The molecule has 0 spiro atoms. The molecule has 1 N–H and O–H groups in total. The third-order valence-corrected chi connectivity index (χ3v) is 6.05. The zero-order valence-electron chi connectivity index (χ0n) is 19.9. The van der Waals surface area contributed by atoms with Crippen LogP contribution in [0.3, 0.4) is 0 Å². The molecule has 172 valence electrons. The number of amides is 2. The number of rotatable bonds is 7. The van der Waals surface area contributed by atoms with E-state index in [4.69, 9.17) is 4.74 Å². The van der Waals surface area contributed by atoms with E-state index in [1.54, 1.807) is 19.2 Å². The van der Waals surface area contributed by atoms with Crippen molar-refractivity contribution in [3.05, 3.63) is 64.7 Å². The molecule has 1 atom stereocenters. The van der Waals surface area contributed by atoms with E-state index < -0.39 is 6.04 Å². The van der Waals surface area contributed by atoms with Crippen molar-refractivity contribution >= 4 is 11.8 Å². The van der Waals surface area contributed by atoms with E-state index in [9.17, 15) is 9.59 Å². The van der Waals surface area contributed by atoms with Crippen molar-refractivity contribution in [2.45, 2.75) is 40.3 Å². The van der Waals surface area contributed by atoms with Crippen LogP contribution in [-0.4, -0.2) is 60.9 Å². The van der Waals surface area contributed by atoms with E-state index in [1.807, 2.05) is 43.9 Å². The highest BCUT2D eigenvalue weighted by Crippen LogP contribution is 2.22. The van der Waals surface area contributed by atoms with Gasteiger partial charge in [-0.05, 0) is 38.0 Å². The molecule has 1 fully saturated rings. The minimum atomic E-state index is -0.535. The molecular formula is C26H35N3O3. The number of nitrogens with one attached hydrogen (secondary N) is 1. The summed E-state index contributed by atoms with van der Waals surface area (Å²) in [5, 5.41) is 2.96. The minimum Gasteiger partial charge on any atom is -0.496 e. The number of carbonyl (C=O) groups is 2. The average molecular weight is 438 g/mol. The fourth-order valence-electron chi connectivity index (χ4n) is 4.04. The van der Waals surface area contributed by atoms with E-state index >= 15 is 0 Å². The maximum Gasteiger partial charge on any atom is 0.251 e. The predicted molar refractivity (Wildman–Crippen MR) is 127 cm³/mol. The Balaban J connectivity index is 1.59. The van der Waals surface area contributed by atoms with Crippen LogP contribution in [0.1, 0.15) is 40.9 Å². The summed E-state index contributed by atoms with van der Waals surface area (Å²) in [6.07, 6.45) is 0. The topological polar surface area (TPSA) is 61.9 Å². The van der Waals surface area contributed by atoms with Crippen LogP contribution in [0.15, 0.2) is 42.5 Å². The molecular weight excluding hydrogens is 402 g/mol. The standard InChI is InChI=1S/C26H35N3O3/c1-18(2)24(27-25(30)21-9-6-19(3)7-10-21)26(31)29-14-12-28(13-15-29)17-22-16-20(4)8-11-23(22)32-5/h6-11,16,18,24H,12-15,17H2,1-5H3,(H,27,30). The van der Waals surface area contributed by atoms with Gasteiger partial charge in [0.15, 0.2) is 0 Å². The third kappa shape index (κ3) is 5.88. The highest BCUT2D eigenvalue weighted by Gasteiger charge is 2.31. The number of aryl methyl sites for hydroxylation is 2. The number of nitrogens with zero attached hydrogens (tertiary/aromatic N) is 2. The Morgan fingerprint density at radius 3 is 2.19 bits per heavy atom. The number of ether oxygens (including phenoxy) is 1. The van der Waals surface area contributed by atoms with Crippen molar-refractivity contribution in [3.8, 4) is 5.75 Å². The molecule has 1 saturated heterocycles. The summed E-state index contributed by atoms with van der Waals surface area (Å²) in [6, 6.07) is 13.1. The van der Waals surface area contributed by atoms with Crippen LogP contribution >= 0.6 is 0 Å². The Morgan fingerprint density at radius 1 is 0.969 bits per heavy atom. The normalized spacial score (nSPS) is 15.5. The Kier molecular flexibility index (Phi) is 7.91. The van der Waals surface area contributed by atoms with Crippen molar-refractivity contribution in [3.63, 3.8) is 0 Å². The smallest absolute Gasteiger partial charge is 0.251 e. The SMILES string of the molecule is COc1ccc(C)cc1CN1CCN(C(=O)C(NC(=O)c2ccc(C)cc2)C(C)C)CC1. The molecule has 32 heavy (non-hydrogen) atoms. The van der Waals surface area contributed by atoms with Crippen LogP contribution in [0.5, 0.6) is 5.75 Å². The monoisotopic (exact) mass is 437 g/mol. The van der Waals surface area contributed by atoms with Crippen LogP contribution in [0.25, 0.3) is 0 Å². The second-order valence-corrected chi connectivity index (χ2v) is 8.98. The number of hydrogen-bond donors (Lipinski definition) is 1. The van der Waals surface area contributed by atoms with Crippen molar-refractivity contribution in [1.29, 1.82) is 0 Å². The van der Waals surface area contributed by atoms with Gasteiger partial charge < -0.3 is 15.0 Å². The van der Waals surface area contributed by atoms with Gasteiger partial charge in [-0.1, -0.05) is 49.2 Å². The van der Waals surface area contributed by atoms with Crippen molar-refractivity contribution < 1.29 is 14.3 Å². The molecule has 2 amide bonds. The Morgan fingerprint density at radius 2 is 1.59 bits per heavy atom. The Hall–Kier alpha value is -2.86. The van der Waals surface area contributed by atoms with E-state index in [0.717, 1.165) is 36.5 Å². The lowest BCUT2D eigenvalue weighted by Crippen LogP contribution is -2.56. The molecule has 2 aromatic carbocycles. The summed E-state index contributed by atoms with van der Waals surface area (Å²) in [5.74, 6) is 0.690. The summed E-state index contributed by atoms with van der Waals surface area (Å²) < 4.78 is 5.51. The summed E-state index contributed by atoms with van der Waals surface area (Å²) in [5.41, 5.74) is 4.04. The van der Waals surface area contributed by atoms with Gasteiger partial charge in [-0.15, -0.1) is 0 Å². The molecule has 1 aliphatic rings. The fraction of sp³-hybridized carbons (Fsp3) is 0.462. The molecule has 1 heterocycles. The summed E-state index contributed by atoms with van der Waals surface area (Å²) in [7, 11) is 1.70. The first-order valence-electron chi connectivity index (χ1n) is 11.3. The minimum absolute atomic E-state index is 0.00600. The molecule has 0 radical (unpaired) electrons. The first-order valence-corrected chi connectivity index (χ1v) is 11.3. The van der Waals surface area contributed by atoms with Gasteiger partial charge in [0, 0.05) is 43.9 Å². The molecule has 0 aliphatic carbocycles. The predicted octanol–water partition coefficient (Wildman–Crippen LogP) is 3.41. The van der Waals surface area contributed by atoms with E-state index in [0.29, 0.717) is 18.7 Å². The third-order valence-electron chi connectivity index (χ3n) is 6.05. The molecule has 1 aliphatic heterocycles.